The summed E-state index contributed by atoms with van der Waals surface area (Å²) in [6.45, 7) is 7.36. The van der Waals surface area contributed by atoms with Gasteiger partial charge in [-0.3, -0.25) is 4.79 Å². The van der Waals surface area contributed by atoms with E-state index in [0.29, 0.717) is 11.3 Å². The number of carbonyl (C=O) groups excluding carboxylic acids is 2. The van der Waals surface area contributed by atoms with Crippen molar-refractivity contribution >= 4 is 17.6 Å². The van der Waals surface area contributed by atoms with Crippen LogP contribution in [0.2, 0.25) is 0 Å². The van der Waals surface area contributed by atoms with Crippen LogP contribution in [-0.4, -0.2) is 18.5 Å². The van der Waals surface area contributed by atoms with Gasteiger partial charge >= 0.3 is 5.97 Å². The Hall–Kier alpha value is -2.62. The van der Waals surface area contributed by atoms with Crippen LogP contribution in [0.4, 0.5) is 5.69 Å². The van der Waals surface area contributed by atoms with Crippen molar-refractivity contribution < 1.29 is 14.3 Å². The van der Waals surface area contributed by atoms with Gasteiger partial charge in [0.15, 0.2) is 6.61 Å². The highest BCUT2D eigenvalue weighted by atomic mass is 16.5. The summed E-state index contributed by atoms with van der Waals surface area (Å²) in [5.41, 5.74) is 5.12. The molecule has 0 saturated heterocycles. The van der Waals surface area contributed by atoms with Crippen LogP contribution in [0.15, 0.2) is 36.4 Å². The summed E-state index contributed by atoms with van der Waals surface area (Å²) in [4.78, 5) is 24.0. The van der Waals surface area contributed by atoms with Gasteiger partial charge in [-0.05, 0) is 62.6 Å². The lowest BCUT2D eigenvalue weighted by atomic mass is 10.1. The van der Waals surface area contributed by atoms with Crippen molar-refractivity contribution in [2.75, 3.05) is 11.9 Å². The summed E-state index contributed by atoms with van der Waals surface area (Å²) in [5.74, 6) is -0.838. The van der Waals surface area contributed by atoms with Gasteiger partial charge in [0.1, 0.15) is 0 Å². The first-order chi connectivity index (χ1) is 10.8. The van der Waals surface area contributed by atoms with Crippen LogP contribution < -0.4 is 5.32 Å². The molecule has 2 rings (SSSR count). The fourth-order valence-electron chi connectivity index (χ4n) is 2.41. The van der Waals surface area contributed by atoms with Crippen LogP contribution in [-0.2, 0) is 9.53 Å². The Bertz CT molecular complexity index is 730. The van der Waals surface area contributed by atoms with Crippen molar-refractivity contribution in [3.05, 3.63) is 64.2 Å². The summed E-state index contributed by atoms with van der Waals surface area (Å²) in [5, 5.41) is 2.74. The second-order valence-electron chi connectivity index (χ2n) is 5.82. The van der Waals surface area contributed by atoms with E-state index in [1.165, 1.54) is 0 Å². The summed E-state index contributed by atoms with van der Waals surface area (Å²) < 4.78 is 5.11. The summed E-state index contributed by atoms with van der Waals surface area (Å²) in [6, 6.07) is 11.3. The highest BCUT2D eigenvalue weighted by Crippen LogP contribution is 2.14. The average molecular weight is 311 g/mol. The van der Waals surface area contributed by atoms with Gasteiger partial charge in [-0.15, -0.1) is 0 Å². The lowest BCUT2D eigenvalue weighted by molar-refractivity contribution is -0.119. The number of hydrogen-bond acceptors (Lipinski definition) is 3. The van der Waals surface area contributed by atoms with E-state index in [-0.39, 0.29) is 12.5 Å². The first-order valence-corrected chi connectivity index (χ1v) is 7.47. The van der Waals surface area contributed by atoms with Gasteiger partial charge in [0.25, 0.3) is 5.91 Å². The molecule has 0 radical (unpaired) electrons. The molecule has 0 atom stereocenters. The Morgan fingerprint density at radius 2 is 1.57 bits per heavy atom. The van der Waals surface area contributed by atoms with Crippen molar-refractivity contribution in [1.82, 2.24) is 0 Å². The van der Waals surface area contributed by atoms with Gasteiger partial charge in [-0.1, -0.05) is 23.8 Å². The zero-order valence-electron chi connectivity index (χ0n) is 13.9. The van der Waals surface area contributed by atoms with E-state index >= 15 is 0 Å². The third-order valence-corrected chi connectivity index (χ3v) is 3.45. The maximum Gasteiger partial charge on any atom is 0.338 e. The minimum atomic E-state index is -0.484. The monoisotopic (exact) mass is 311 g/mol. The summed E-state index contributed by atoms with van der Waals surface area (Å²) >= 11 is 0. The average Bonchev–Trinajstić information content (AvgIpc) is 2.46. The smallest absolute Gasteiger partial charge is 0.338 e. The molecule has 1 N–H and O–H groups in total. The number of anilines is 1. The molecule has 0 fully saturated rings. The van der Waals surface area contributed by atoms with Crippen molar-refractivity contribution in [2.24, 2.45) is 0 Å². The molecule has 0 aliphatic carbocycles. The first-order valence-electron chi connectivity index (χ1n) is 7.47. The molecule has 1 amide bonds. The molecule has 0 heterocycles. The molecule has 120 valence electrons. The Balaban J connectivity index is 1.96. The predicted molar refractivity (Wildman–Crippen MR) is 90.7 cm³/mol. The van der Waals surface area contributed by atoms with Crippen molar-refractivity contribution in [1.29, 1.82) is 0 Å². The van der Waals surface area contributed by atoms with E-state index in [2.05, 4.69) is 5.32 Å². The first kappa shape index (κ1) is 16.7. The van der Waals surface area contributed by atoms with Crippen LogP contribution in [0.5, 0.6) is 0 Å². The van der Waals surface area contributed by atoms with Crippen molar-refractivity contribution in [2.45, 2.75) is 27.7 Å². The van der Waals surface area contributed by atoms with Crippen LogP contribution in [0.1, 0.15) is 32.6 Å². The predicted octanol–water partition coefficient (Wildman–Crippen LogP) is 3.72. The van der Waals surface area contributed by atoms with E-state index < -0.39 is 5.97 Å². The van der Waals surface area contributed by atoms with Gasteiger partial charge in [0.2, 0.25) is 0 Å². The number of rotatable bonds is 4. The van der Waals surface area contributed by atoms with Gasteiger partial charge in [0.05, 0.1) is 5.56 Å². The Morgan fingerprint density at radius 3 is 2.22 bits per heavy atom. The molecule has 0 saturated carbocycles. The second-order valence-corrected chi connectivity index (χ2v) is 5.82. The summed E-state index contributed by atoms with van der Waals surface area (Å²) in [6.07, 6.45) is 0. The zero-order chi connectivity index (χ0) is 17.0. The topological polar surface area (TPSA) is 55.4 Å². The Morgan fingerprint density at radius 1 is 0.913 bits per heavy atom. The van der Waals surface area contributed by atoms with E-state index in [0.717, 1.165) is 22.3 Å². The minimum absolute atomic E-state index is 0.306. The molecule has 0 aromatic heterocycles. The molecule has 23 heavy (non-hydrogen) atoms. The molecule has 0 aliphatic heterocycles. The van der Waals surface area contributed by atoms with Crippen LogP contribution in [0.25, 0.3) is 0 Å². The summed E-state index contributed by atoms with van der Waals surface area (Å²) in [7, 11) is 0. The van der Waals surface area contributed by atoms with Crippen LogP contribution in [0.3, 0.4) is 0 Å². The number of nitrogens with one attached hydrogen (secondary N) is 1. The van der Waals surface area contributed by atoms with Crippen LogP contribution in [0, 0.1) is 27.7 Å². The molecule has 4 nitrogen and oxygen atoms in total. The van der Waals surface area contributed by atoms with Gasteiger partial charge in [0, 0.05) is 5.69 Å². The fraction of sp³-hybridized carbons (Fsp3) is 0.263. The fourth-order valence-corrected chi connectivity index (χ4v) is 2.41. The third-order valence-electron chi connectivity index (χ3n) is 3.45. The third kappa shape index (κ3) is 4.68. The number of carbonyl (C=O) groups is 2. The van der Waals surface area contributed by atoms with E-state index in [1.807, 2.05) is 58.0 Å². The normalized spacial score (nSPS) is 10.3. The molecule has 2 aromatic carbocycles. The number of benzene rings is 2. The van der Waals surface area contributed by atoms with E-state index in [9.17, 15) is 9.59 Å². The molecule has 2 aromatic rings. The number of hydrogen-bond donors (Lipinski definition) is 1. The molecular formula is C19H21NO3. The largest absolute Gasteiger partial charge is 0.452 e. The standard InChI is InChI=1S/C19H21NO3/c1-12-5-6-15(4)17(10-12)19(22)23-11-18(21)20-16-8-13(2)7-14(3)9-16/h5-10H,11H2,1-4H3,(H,20,21). The highest BCUT2D eigenvalue weighted by molar-refractivity contribution is 5.96. The zero-order valence-corrected chi connectivity index (χ0v) is 13.9. The maximum absolute atomic E-state index is 12.1. The second kappa shape index (κ2) is 7.09. The quantitative estimate of drug-likeness (QED) is 0.876. The molecular weight excluding hydrogens is 290 g/mol. The van der Waals surface area contributed by atoms with Gasteiger partial charge in [-0.25, -0.2) is 4.79 Å². The SMILES string of the molecule is Cc1cc(C)cc(NC(=O)COC(=O)c2cc(C)ccc2C)c1. The lowest BCUT2D eigenvalue weighted by Gasteiger charge is -2.10. The van der Waals surface area contributed by atoms with Gasteiger partial charge < -0.3 is 10.1 Å². The number of amides is 1. The van der Waals surface area contributed by atoms with Crippen LogP contribution >= 0.6 is 0 Å². The number of esters is 1. The molecule has 4 heteroatoms. The highest BCUT2D eigenvalue weighted by Gasteiger charge is 2.13. The Kier molecular flexibility index (Phi) is 5.16. The number of aryl methyl sites for hydroxylation is 4. The molecule has 0 aliphatic rings. The van der Waals surface area contributed by atoms with E-state index in [1.54, 1.807) is 6.07 Å². The molecule has 0 unspecified atom stereocenters. The lowest BCUT2D eigenvalue weighted by Crippen LogP contribution is -2.21. The van der Waals surface area contributed by atoms with E-state index in [4.69, 9.17) is 4.74 Å². The maximum atomic E-state index is 12.1. The molecule has 0 bridgehead atoms. The minimum Gasteiger partial charge on any atom is -0.452 e. The van der Waals surface area contributed by atoms with Gasteiger partial charge in [-0.2, -0.15) is 0 Å². The molecule has 0 spiro atoms. The van der Waals surface area contributed by atoms with Crippen molar-refractivity contribution in [3.8, 4) is 0 Å². The number of ether oxygens (including phenoxy) is 1. The van der Waals surface area contributed by atoms with Crippen molar-refractivity contribution in [3.63, 3.8) is 0 Å². The Labute approximate surface area is 136 Å².